The predicted molar refractivity (Wildman–Crippen MR) is 42.2 cm³/mol. The van der Waals surface area contributed by atoms with Crippen LogP contribution in [-0.2, 0) is 4.79 Å². The van der Waals surface area contributed by atoms with Gasteiger partial charge in [0.2, 0.25) is 0 Å². The van der Waals surface area contributed by atoms with Gasteiger partial charge in [0.25, 0.3) is 0 Å². The van der Waals surface area contributed by atoms with Crippen molar-refractivity contribution in [2.45, 2.75) is 6.92 Å². The number of carboxylic acids is 1. The van der Waals surface area contributed by atoms with Crippen LogP contribution in [0.4, 0.5) is 0 Å². The maximum atomic E-state index is 10.1. The third kappa shape index (κ3) is 2.23. The van der Waals surface area contributed by atoms with Crippen LogP contribution in [0.2, 0.25) is 0 Å². The molecule has 0 fully saturated rings. The molecule has 0 saturated heterocycles. The normalized spacial score (nSPS) is 9.55. The van der Waals surface area contributed by atoms with Crippen molar-refractivity contribution in [1.29, 1.82) is 0 Å². The van der Waals surface area contributed by atoms with Gasteiger partial charge >= 0.3 is 5.97 Å². The number of ether oxygens (including phenoxy) is 1. The summed E-state index contributed by atoms with van der Waals surface area (Å²) in [5, 5.41) is 12.0. The third-order valence-corrected chi connectivity index (χ3v) is 2.00. The molecule has 1 aromatic rings. The lowest BCUT2D eigenvalue weighted by molar-refractivity contribution is -0.139. The van der Waals surface area contributed by atoms with Gasteiger partial charge in [-0.15, -0.1) is 11.3 Å². The predicted octanol–water partition coefficient (Wildman–Crippen LogP) is 1.52. The molecule has 60 valence electrons. The van der Waals surface area contributed by atoms with Gasteiger partial charge in [-0.3, -0.25) is 0 Å². The van der Waals surface area contributed by atoms with Crippen molar-refractivity contribution in [1.82, 2.24) is 0 Å². The fraction of sp³-hybridized carbons (Fsp3) is 0.286. The number of carbonyl (C=O) groups is 1. The molecule has 0 amide bonds. The van der Waals surface area contributed by atoms with Crippen molar-refractivity contribution in [3.05, 3.63) is 16.3 Å². The number of rotatable bonds is 3. The molecular formula is C7H8O3S. The Labute approximate surface area is 68.2 Å². The van der Waals surface area contributed by atoms with Gasteiger partial charge in [0, 0.05) is 10.9 Å². The summed E-state index contributed by atoms with van der Waals surface area (Å²) in [6.07, 6.45) is 0. The molecule has 1 heterocycles. The fourth-order valence-electron chi connectivity index (χ4n) is 0.636. The molecule has 1 N–H and O–H groups in total. The van der Waals surface area contributed by atoms with Crippen LogP contribution in [0.5, 0.6) is 5.75 Å². The fourth-order valence-corrected chi connectivity index (χ4v) is 1.40. The highest BCUT2D eigenvalue weighted by Gasteiger charge is 2.02. The molecular weight excluding hydrogens is 164 g/mol. The van der Waals surface area contributed by atoms with E-state index in [4.69, 9.17) is 9.84 Å². The summed E-state index contributed by atoms with van der Waals surface area (Å²) in [4.78, 5) is 10.1. The third-order valence-electron chi connectivity index (χ3n) is 1.16. The largest absolute Gasteiger partial charge is 0.481 e. The Balaban J connectivity index is 2.51. The quantitative estimate of drug-likeness (QED) is 0.751. The first-order chi connectivity index (χ1) is 5.20. The molecule has 0 unspecified atom stereocenters. The highest BCUT2D eigenvalue weighted by molar-refractivity contribution is 7.08. The van der Waals surface area contributed by atoms with Crippen LogP contribution in [-0.4, -0.2) is 17.7 Å². The first kappa shape index (κ1) is 8.07. The van der Waals surface area contributed by atoms with E-state index >= 15 is 0 Å². The maximum absolute atomic E-state index is 10.1. The van der Waals surface area contributed by atoms with Gasteiger partial charge in [-0.2, -0.15) is 0 Å². The summed E-state index contributed by atoms with van der Waals surface area (Å²) in [6.45, 7) is 1.62. The molecule has 0 saturated carbocycles. The summed E-state index contributed by atoms with van der Waals surface area (Å²) < 4.78 is 4.95. The number of aryl methyl sites for hydroxylation is 1. The van der Waals surface area contributed by atoms with Crippen molar-refractivity contribution in [3.63, 3.8) is 0 Å². The Hall–Kier alpha value is -1.03. The zero-order valence-electron chi connectivity index (χ0n) is 6.03. The van der Waals surface area contributed by atoms with E-state index in [1.807, 2.05) is 12.3 Å². The van der Waals surface area contributed by atoms with Crippen LogP contribution in [0.3, 0.4) is 0 Å². The summed E-state index contributed by atoms with van der Waals surface area (Å²) in [6, 6.07) is 0. The minimum atomic E-state index is -0.949. The molecule has 1 aromatic heterocycles. The molecule has 0 bridgehead atoms. The molecule has 0 aromatic carbocycles. The second-order valence-electron chi connectivity index (χ2n) is 2.10. The van der Waals surface area contributed by atoms with Gasteiger partial charge in [-0.25, -0.2) is 4.79 Å². The highest BCUT2D eigenvalue weighted by atomic mass is 32.1. The number of hydrogen-bond donors (Lipinski definition) is 1. The summed E-state index contributed by atoms with van der Waals surface area (Å²) >= 11 is 1.50. The van der Waals surface area contributed by atoms with Crippen molar-refractivity contribution in [2.24, 2.45) is 0 Å². The SMILES string of the molecule is Cc1cscc1OCC(=O)O. The van der Waals surface area contributed by atoms with E-state index < -0.39 is 5.97 Å². The summed E-state index contributed by atoms with van der Waals surface area (Å²) in [5.74, 6) is -0.284. The minimum absolute atomic E-state index is 0.266. The van der Waals surface area contributed by atoms with E-state index in [0.717, 1.165) is 5.56 Å². The Morgan fingerprint density at radius 1 is 1.73 bits per heavy atom. The maximum Gasteiger partial charge on any atom is 0.341 e. The van der Waals surface area contributed by atoms with Crippen LogP contribution in [0.1, 0.15) is 5.56 Å². The van der Waals surface area contributed by atoms with Gasteiger partial charge < -0.3 is 9.84 Å². The average Bonchev–Trinajstić information content (AvgIpc) is 2.31. The lowest BCUT2D eigenvalue weighted by Gasteiger charge is -1.99. The molecule has 4 heteroatoms. The minimum Gasteiger partial charge on any atom is -0.481 e. The number of hydrogen-bond acceptors (Lipinski definition) is 3. The zero-order chi connectivity index (χ0) is 8.27. The van der Waals surface area contributed by atoms with Crippen LogP contribution in [0.15, 0.2) is 10.8 Å². The van der Waals surface area contributed by atoms with Crippen molar-refractivity contribution in [3.8, 4) is 5.75 Å². The molecule has 0 spiro atoms. The van der Waals surface area contributed by atoms with Crippen LogP contribution < -0.4 is 4.74 Å². The van der Waals surface area contributed by atoms with E-state index in [2.05, 4.69) is 0 Å². The van der Waals surface area contributed by atoms with E-state index in [-0.39, 0.29) is 6.61 Å². The smallest absolute Gasteiger partial charge is 0.341 e. The van der Waals surface area contributed by atoms with E-state index in [1.165, 1.54) is 11.3 Å². The van der Waals surface area contributed by atoms with Crippen molar-refractivity contribution >= 4 is 17.3 Å². The number of aliphatic carboxylic acids is 1. The summed E-state index contributed by atoms with van der Waals surface area (Å²) in [5.41, 5.74) is 0.983. The number of carboxylic acid groups (broad SMARTS) is 1. The molecule has 0 aliphatic carbocycles. The zero-order valence-corrected chi connectivity index (χ0v) is 6.85. The molecule has 0 radical (unpaired) electrons. The van der Waals surface area contributed by atoms with Crippen molar-refractivity contribution in [2.75, 3.05) is 6.61 Å². The molecule has 0 aliphatic heterocycles. The first-order valence-electron chi connectivity index (χ1n) is 3.07. The second-order valence-corrected chi connectivity index (χ2v) is 2.85. The van der Waals surface area contributed by atoms with E-state index in [9.17, 15) is 4.79 Å². The Kier molecular flexibility index (Phi) is 2.48. The molecule has 3 nitrogen and oxygen atoms in total. The van der Waals surface area contributed by atoms with Crippen LogP contribution in [0.25, 0.3) is 0 Å². The van der Waals surface area contributed by atoms with Gasteiger partial charge in [0.15, 0.2) is 6.61 Å². The van der Waals surface area contributed by atoms with E-state index in [0.29, 0.717) is 5.75 Å². The lowest BCUT2D eigenvalue weighted by atomic mass is 10.4. The number of thiophene rings is 1. The Bertz CT molecular complexity index is 254. The monoisotopic (exact) mass is 172 g/mol. The molecule has 11 heavy (non-hydrogen) atoms. The lowest BCUT2D eigenvalue weighted by Crippen LogP contribution is -2.09. The van der Waals surface area contributed by atoms with Crippen molar-refractivity contribution < 1.29 is 14.6 Å². The van der Waals surface area contributed by atoms with E-state index in [1.54, 1.807) is 5.38 Å². The average molecular weight is 172 g/mol. The Morgan fingerprint density at radius 2 is 2.45 bits per heavy atom. The van der Waals surface area contributed by atoms with Crippen LogP contribution in [0, 0.1) is 6.92 Å². The summed E-state index contributed by atoms with van der Waals surface area (Å²) in [7, 11) is 0. The topological polar surface area (TPSA) is 46.5 Å². The molecule has 0 atom stereocenters. The second kappa shape index (κ2) is 3.39. The first-order valence-corrected chi connectivity index (χ1v) is 4.02. The Morgan fingerprint density at radius 3 is 2.91 bits per heavy atom. The van der Waals surface area contributed by atoms with Gasteiger partial charge in [0.1, 0.15) is 5.75 Å². The van der Waals surface area contributed by atoms with Gasteiger partial charge in [-0.05, 0) is 12.3 Å². The highest BCUT2D eigenvalue weighted by Crippen LogP contribution is 2.21. The molecule has 0 aliphatic rings. The standard InChI is InChI=1S/C7H8O3S/c1-5-3-11-4-6(5)10-2-7(8)9/h3-4H,2H2,1H3,(H,8,9). The van der Waals surface area contributed by atoms with Gasteiger partial charge in [-0.1, -0.05) is 0 Å². The van der Waals surface area contributed by atoms with Gasteiger partial charge in [0.05, 0.1) is 0 Å². The van der Waals surface area contributed by atoms with Crippen LogP contribution >= 0.6 is 11.3 Å². The molecule has 1 rings (SSSR count).